The van der Waals surface area contributed by atoms with Crippen molar-refractivity contribution in [2.45, 2.75) is 37.8 Å². The molecule has 0 aromatic heterocycles. The normalized spacial score (nSPS) is 11.8. The maximum Gasteiger partial charge on any atom is 0.251 e. The molecule has 1 amide bonds. The zero-order chi connectivity index (χ0) is 20.9. The van der Waals surface area contributed by atoms with Gasteiger partial charge in [-0.05, 0) is 57.2 Å². The van der Waals surface area contributed by atoms with E-state index in [1.807, 2.05) is 6.07 Å². The second-order valence-corrected chi connectivity index (χ2v) is 8.92. The third-order valence-corrected chi connectivity index (χ3v) is 5.57. The predicted molar refractivity (Wildman–Crippen MR) is 107 cm³/mol. The lowest BCUT2D eigenvalue weighted by Crippen LogP contribution is -2.40. The first-order valence-corrected chi connectivity index (χ1v) is 10.2. The Bertz CT molecular complexity index is 932. The molecule has 0 saturated heterocycles. The summed E-state index contributed by atoms with van der Waals surface area (Å²) in [7, 11) is -0.528. The number of ether oxygens (including phenoxy) is 2. The molecule has 0 aliphatic rings. The minimum absolute atomic E-state index is 0.107. The summed E-state index contributed by atoms with van der Waals surface area (Å²) < 4.78 is 37.7. The van der Waals surface area contributed by atoms with Crippen molar-refractivity contribution in [3.05, 3.63) is 53.6 Å². The molecule has 0 spiro atoms. The molecular weight excluding hydrogens is 380 g/mol. The Kier molecular flexibility index (Phi) is 6.69. The highest BCUT2D eigenvalue weighted by Crippen LogP contribution is 2.24. The Hall–Kier alpha value is -2.58. The van der Waals surface area contributed by atoms with E-state index in [1.165, 1.54) is 24.3 Å². The fraction of sp³-hybridized carbons (Fsp3) is 0.350. The van der Waals surface area contributed by atoms with Crippen molar-refractivity contribution >= 4 is 15.9 Å². The van der Waals surface area contributed by atoms with E-state index in [-0.39, 0.29) is 17.3 Å². The van der Waals surface area contributed by atoms with Crippen molar-refractivity contribution in [2.24, 2.45) is 0 Å². The van der Waals surface area contributed by atoms with Crippen molar-refractivity contribution in [1.82, 2.24) is 10.0 Å². The number of rotatable bonds is 7. The van der Waals surface area contributed by atoms with Crippen molar-refractivity contribution in [3.8, 4) is 11.5 Å². The van der Waals surface area contributed by atoms with E-state index in [0.29, 0.717) is 17.1 Å². The predicted octanol–water partition coefficient (Wildman–Crippen LogP) is 2.71. The molecule has 0 saturated carbocycles. The summed E-state index contributed by atoms with van der Waals surface area (Å²) in [6.07, 6.45) is 0. The summed E-state index contributed by atoms with van der Waals surface area (Å²) in [6, 6.07) is 11.1. The monoisotopic (exact) mass is 406 g/mol. The van der Waals surface area contributed by atoms with Crippen LogP contribution in [0.3, 0.4) is 0 Å². The lowest BCUT2D eigenvalue weighted by Gasteiger charge is -2.20. The first kappa shape index (κ1) is 21.7. The van der Waals surface area contributed by atoms with E-state index < -0.39 is 15.6 Å². The van der Waals surface area contributed by atoms with E-state index in [2.05, 4.69) is 10.0 Å². The Morgan fingerprint density at radius 2 is 1.64 bits per heavy atom. The van der Waals surface area contributed by atoms with Gasteiger partial charge in [0.25, 0.3) is 5.91 Å². The van der Waals surface area contributed by atoms with E-state index in [4.69, 9.17) is 9.47 Å². The average Bonchev–Trinajstić information content (AvgIpc) is 2.64. The summed E-state index contributed by atoms with van der Waals surface area (Å²) in [5.41, 5.74) is 0.569. The van der Waals surface area contributed by atoms with Crippen LogP contribution in [0.15, 0.2) is 47.4 Å². The number of hydrogen-bond acceptors (Lipinski definition) is 5. The van der Waals surface area contributed by atoms with Crippen molar-refractivity contribution in [2.75, 3.05) is 14.2 Å². The first-order chi connectivity index (χ1) is 13.1. The lowest BCUT2D eigenvalue weighted by molar-refractivity contribution is 0.0950. The molecular formula is C20H26N2O5S. The standard InChI is InChI=1S/C20H26N2O5S/c1-20(2,3)22-28(24,25)17-10-7-14(8-11-17)19(23)21-13-15-6-9-16(26-4)12-18(15)27-5/h6-12,22H,13H2,1-5H3,(H,21,23). The van der Waals surface area contributed by atoms with Crippen LogP contribution < -0.4 is 19.5 Å². The SMILES string of the molecule is COc1ccc(CNC(=O)c2ccc(S(=O)(=O)NC(C)(C)C)cc2)c(OC)c1. The lowest BCUT2D eigenvalue weighted by atomic mass is 10.1. The van der Waals surface area contributed by atoms with Crippen molar-refractivity contribution in [1.29, 1.82) is 0 Å². The summed E-state index contributed by atoms with van der Waals surface area (Å²) >= 11 is 0. The number of carbonyl (C=O) groups excluding carboxylic acids is 1. The van der Waals surface area contributed by atoms with Crippen LogP contribution in [-0.4, -0.2) is 34.1 Å². The van der Waals surface area contributed by atoms with Crippen LogP contribution in [0.4, 0.5) is 0 Å². The van der Waals surface area contributed by atoms with Crippen LogP contribution in [0.25, 0.3) is 0 Å². The van der Waals surface area contributed by atoms with Gasteiger partial charge in [-0.3, -0.25) is 4.79 Å². The van der Waals surface area contributed by atoms with Gasteiger partial charge in [0.1, 0.15) is 11.5 Å². The highest BCUT2D eigenvalue weighted by molar-refractivity contribution is 7.89. The summed E-state index contributed by atoms with van der Waals surface area (Å²) in [5.74, 6) is 0.951. The molecule has 8 heteroatoms. The minimum Gasteiger partial charge on any atom is -0.497 e. The van der Waals surface area contributed by atoms with E-state index in [9.17, 15) is 13.2 Å². The van der Waals surface area contributed by atoms with Gasteiger partial charge in [-0.2, -0.15) is 0 Å². The van der Waals surface area contributed by atoms with Gasteiger partial charge in [0, 0.05) is 29.3 Å². The van der Waals surface area contributed by atoms with E-state index in [0.717, 1.165) is 5.56 Å². The van der Waals surface area contributed by atoms with Crippen molar-refractivity contribution < 1.29 is 22.7 Å². The number of carbonyl (C=O) groups is 1. The van der Waals surface area contributed by atoms with Crippen LogP contribution in [0, 0.1) is 0 Å². The third-order valence-electron chi connectivity index (χ3n) is 3.80. The number of nitrogens with one attached hydrogen (secondary N) is 2. The van der Waals surface area contributed by atoms with Crippen LogP contribution in [0.1, 0.15) is 36.7 Å². The second-order valence-electron chi connectivity index (χ2n) is 7.24. The Balaban J connectivity index is 2.08. The van der Waals surface area contributed by atoms with Crippen LogP contribution >= 0.6 is 0 Å². The molecule has 2 aromatic rings. The van der Waals surface area contributed by atoms with E-state index >= 15 is 0 Å². The zero-order valence-electron chi connectivity index (χ0n) is 16.7. The van der Waals surface area contributed by atoms with Gasteiger partial charge in [0.2, 0.25) is 10.0 Å². The third kappa shape index (κ3) is 5.71. The van der Waals surface area contributed by atoms with Gasteiger partial charge in [-0.1, -0.05) is 0 Å². The van der Waals surface area contributed by atoms with Gasteiger partial charge >= 0.3 is 0 Å². The van der Waals surface area contributed by atoms with E-state index in [1.54, 1.807) is 47.1 Å². The van der Waals surface area contributed by atoms with Crippen LogP contribution in [-0.2, 0) is 16.6 Å². The molecule has 2 aromatic carbocycles. The molecule has 0 atom stereocenters. The number of amides is 1. The van der Waals surface area contributed by atoms with Gasteiger partial charge in [-0.15, -0.1) is 0 Å². The molecule has 0 bridgehead atoms. The average molecular weight is 407 g/mol. The molecule has 7 nitrogen and oxygen atoms in total. The molecule has 2 rings (SSSR count). The Labute approximate surface area is 166 Å². The maximum absolute atomic E-state index is 12.4. The summed E-state index contributed by atoms with van der Waals surface area (Å²) in [5, 5.41) is 2.80. The van der Waals surface area contributed by atoms with Crippen molar-refractivity contribution in [3.63, 3.8) is 0 Å². The molecule has 28 heavy (non-hydrogen) atoms. The highest BCUT2D eigenvalue weighted by atomic mass is 32.2. The van der Waals surface area contributed by atoms with Crippen LogP contribution in [0.5, 0.6) is 11.5 Å². The molecule has 0 unspecified atom stereocenters. The summed E-state index contributed by atoms with van der Waals surface area (Å²) in [6.45, 7) is 5.55. The molecule has 152 valence electrons. The molecule has 0 aliphatic carbocycles. The fourth-order valence-corrected chi connectivity index (χ4v) is 3.94. The number of methoxy groups -OCH3 is 2. The van der Waals surface area contributed by atoms with Gasteiger partial charge in [-0.25, -0.2) is 13.1 Å². The van der Waals surface area contributed by atoms with Gasteiger partial charge in [0.15, 0.2) is 0 Å². The van der Waals surface area contributed by atoms with Gasteiger partial charge < -0.3 is 14.8 Å². The largest absolute Gasteiger partial charge is 0.497 e. The number of benzene rings is 2. The molecule has 0 fully saturated rings. The summed E-state index contributed by atoms with van der Waals surface area (Å²) in [4.78, 5) is 12.5. The van der Waals surface area contributed by atoms with Gasteiger partial charge in [0.05, 0.1) is 19.1 Å². The Morgan fingerprint density at radius 3 is 2.18 bits per heavy atom. The number of hydrogen-bond donors (Lipinski definition) is 2. The first-order valence-electron chi connectivity index (χ1n) is 8.69. The quantitative estimate of drug-likeness (QED) is 0.737. The highest BCUT2D eigenvalue weighted by Gasteiger charge is 2.22. The molecule has 0 heterocycles. The van der Waals surface area contributed by atoms with Crippen LogP contribution in [0.2, 0.25) is 0 Å². The Morgan fingerprint density at radius 1 is 1.00 bits per heavy atom. The maximum atomic E-state index is 12.4. The zero-order valence-corrected chi connectivity index (χ0v) is 17.5. The number of sulfonamides is 1. The molecule has 0 aliphatic heterocycles. The molecule has 0 radical (unpaired) electrons. The smallest absolute Gasteiger partial charge is 0.251 e. The topological polar surface area (TPSA) is 93.7 Å². The fourth-order valence-electron chi connectivity index (χ4n) is 2.52. The second kappa shape index (κ2) is 8.62. The molecule has 2 N–H and O–H groups in total. The minimum atomic E-state index is -3.64.